The van der Waals surface area contributed by atoms with Crippen molar-refractivity contribution in [3.05, 3.63) is 151 Å². The Morgan fingerprint density at radius 3 is 1.83 bits per heavy atom. The van der Waals surface area contributed by atoms with Gasteiger partial charge in [0.05, 0.1) is 69.2 Å². The highest BCUT2D eigenvalue weighted by atomic mass is 28.4. The van der Waals surface area contributed by atoms with Crippen molar-refractivity contribution in [2.45, 2.75) is 263 Å². The molecule has 0 saturated carbocycles. The van der Waals surface area contributed by atoms with Gasteiger partial charge in [0, 0.05) is 44.5 Å². The summed E-state index contributed by atoms with van der Waals surface area (Å²) in [5.74, 6) is -0.817. The minimum Gasteiger partial charge on any atom is -0.497 e. The Morgan fingerprint density at radius 2 is 1.26 bits per heavy atom. The number of ketones is 1. The number of benzene rings is 4. The summed E-state index contributed by atoms with van der Waals surface area (Å²) in [6, 6.07) is 39.9. The van der Waals surface area contributed by atoms with Crippen LogP contribution in [0.1, 0.15) is 158 Å². The molecule has 90 heavy (non-hydrogen) atoms. The minimum absolute atomic E-state index is 0.000749. The number of carbonyl (C=O) groups excluding carboxylic acids is 1. The van der Waals surface area contributed by atoms with E-state index in [1.165, 1.54) is 10.4 Å². The highest BCUT2D eigenvalue weighted by molar-refractivity contribution is 6.99. The smallest absolute Gasteiger partial charge is 0.261 e. The van der Waals surface area contributed by atoms with Crippen LogP contribution in [0.4, 0.5) is 0 Å². The minimum atomic E-state index is -2.82. The summed E-state index contributed by atoms with van der Waals surface area (Å²) in [5.41, 5.74) is 2.39. The summed E-state index contributed by atoms with van der Waals surface area (Å²) in [5, 5.41) is 2.33. The molecule has 3 aliphatic heterocycles. The molecule has 0 unspecified atom stereocenters. The quantitative estimate of drug-likeness (QED) is 0.0214. The fourth-order valence-electron chi connectivity index (χ4n) is 12.8. The third kappa shape index (κ3) is 19.2. The van der Waals surface area contributed by atoms with E-state index in [1.807, 2.05) is 63.2 Å². The lowest BCUT2D eigenvalue weighted by Gasteiger charge is -2.48. The average Bonchev–Trinajstić information content (AvgIpc) is 0.766. The van der Waals surface area contributed by atoms with E-state index < -0.39 is 36.2 Å². The van der Waals surface area contributed by atoms with Crippen molar-refractivity contribution < 1.29 is 56.0 Å². The molecule has 15 heteroatoms. The van der Waals surface area contributed by atoms with Crippen molar-refractivity contribution in [3.8, 4) is 5.75 Å². The Labute approximate surface area is 546 Å². The monoisotopic (exact) mass is 1290 g/mol. The van der Waals surface area contributed by atoms with Crippen molar-refractivity contribution in [1.82, 2.24) is 0 Å². The molecule has 498 valence electrons. The van der Waals surface area contributed by atoms with Crippen LogP contribution in [0.2, 0.25) is 41.3 Å². The lowest BCUT2D eigenvalue weighted by atomic mass is 9.76. The molecule has 0 bridgehead atoms. The SMILES string of the molecule is C=C1C[C@@H](C[C@H]2C[C@@H](O[Si](C)(C)C(C)(C)C)C[C@@H](C[C@H](CCO[Si](c3ccccc3)(c3ccccc3)C(C)(C)C)OCc3ccc(OC)cc3)O2)O[C@@H](C=CC(C)(C)[C@]2(OC)O[C@H](C[C@@H](O[Si](C)(C)C(C)(C)C)[C@@H](C)OCOCc3ccccc3)CCC2=O)C1. The summed E-state index contributed by atoms with van der Waals surface area (Å²) in [6.07, 6.45) is 8.67. The first kappa shape index (κ1) is 73.5. The van der Waals surface area contributed by atoms with E-state index in [-0.39, 0.29) is 82.6 Å². The average molecular weight is 1290 g/mol. The van der Waals surface area contributed by atoms with Crippen LogP contribution in [0.3, 0.4) is 0 Å². The first-order chi connectivity index (χ1) is 42.3. The zero-order chi connectivity index (χ0) is 65.8. The van der Waals surface area contributed by atoms with Gasteiger partial charge in [-0.05, 0) is 127 Å². The number of Topliss-reactive ketones (excluding diaryl/α,β-unsaturated/α-hetero) is 1. The molecule has 3 saturated heterocycles. The van der Waals surface area contributed by atoms with Gasteiger partial charge >= 0.3 is 0 Å². The van der Waals surface area contributed by atoms with E-state index in [9.17, 15) is 4.79 Å². The topological polar surface area (TPSA) is 119 Å². The molecule has 0 amide bonds. The summed E-state index contributed by atoms with van der Waals surface area (Å²) < 4.78 is 74.6. The van der Waals surface area contributed by atoms with Crippen LogP contribution in [-0.2, 0) is 64.4 Å². The van der Waals surface area contributed by atoms with Crippen molar-refractivity contribution in [1.29, 1.82) is 0 Å². The molecular formula is C75H114O12Si3. The summed E-state index contributed by atoms with van der Waals surface area (Å²) in [4.78, 5) is 14.4. The van der Waals surface area contributed by atoms with Gasteiger partial charge in [-0.3, -0.25) is 4.79 Å². The zero-order valence-electron chi connectivity index (χ0n) is 58.3. The number of hydrogen-bond acceptors (Lipinski definition) is 12. The molecule has 3 fully saturated rings. The molecule has 0 aliphatic carbocycles. The maximum atomic E-state index is 14.4. The van der Waals surface area contributed by atoms with Gasteiger partial charge in [-0.25, -0.2) is 0 Å². The van der Waals surface area contributed by atoms with Gasteiger partial charge in [-0.2, -0.15) is 0 Å². The maximum Gasteiger partial charge on any atom is 0.261 e. The van der Waals surface area contributed by atoms with Gasteiger partial charge in [0.1, 0.15) is 12.5 Å². The lowest BCUT2D eigenvalue weighted by molar-refractivity contribution is -0.285. The second-order valence-electron chi connectivity index (χ2n) is 30.4. The molecular weight excluding hydrogens is 1180 g/mol. The van der Waals surface area contributed by atoms with Crippen molar-refractivity contribution in [3.63, 3.8) is 0 Å². The van der Waals surface area contributed by atoms with Gasteiger partial charge < -0.3 is 51.2 Å². The zero-order valence-corrected chi connectivity index (χ0v) is 61.3. The first-order valence-electron chi connectivity index (χ1n) is 33.3. The Kier molecular flexibility index (Phi) is 25.8. The van der Waals surface area contributed by atoms with Crippen molar-refractivity contribution in [2.75, 3.05) is 27.6 Å². The molecule has 0 aromatic heterocycles. The van der Waals surface area contributed by atoms with Crippen LogP contribution in [0.15, 0.2) is 140 Å². The molecule has 3 aliphatic rings. The van der Waals surface area contributed by atoms with E-state index in [0.717, 1.165) is 41.7 Å². The number of rotatable bonds is 30. The predicted octanol–water partition coefficient (Wildman–Crippen LogP) is 16.4. The standard InChI is InChI=1S/C75H114O12Si3/c1-55-45-61(41-43-74(12,13)75(78-15)70(76)40-39-62(85-75)51-69(87-89(18,19)72(6,7)8)56(2)81-54-79-52-57-29-23-20-24-30-57)83-63(46-55)48-65-50-66(86-88(16,17)71(3,4)5)49-64(84-65)47-60(80-53-58-35-37-59(77-14)38-36-58)42-44-82-90(73(9,10)11,67-31-25-21-26-32-67)68-33-27-22-28-34-68/h20-38,41,43,56,60-66,69H,1,39-40,42,44-54H2,2-19H3/t56-,60+,61+,62+,63+,64-,65+,66+,69-,75-/m1/s1. The molecule has 7 rings (SSSR count). The Balaban J connectivity index is 1.08. The van der Waals surface area contributed by atoms with E-state index in [2.05, 4.69) is 180 Å². The van der Waals surface area contributed by atoms with E-state index in [1.54, 1.807) is 14.2 Å². The second-order valence-corrected chi connectivity index (χ2v) is 44.3. The Hall–Kier alpha value is -3.92. The number of carbonyl (C=O) groups is 1. The van der Waals surface area contributed by atoms with E-state index in [4.69, 9.17) is 51.2 Å². The fraction of sp³-hybridized carbons (Fsp3) is 0.613. The van der Waals surface area contributed by atoms with E-state index in [0.29, 0.717) is 64.8 Å². The van der Waals surface area contributed by atoms with Crippen LogP contribution >= 0.6 is 0 Å². The van der Waals surface area contributed by atoms with Crippen LogP contribution < -0.4 is 15.1 Å². The molecule has 12 nitrogen and oxygen atoms in total. The third-order valence-corrected chi connectivity index (χ3v) is 34.1. The Bertz CT molecular complexity index is 2820. The van der Waals surface area contributed by atoms with Crippen LogP contribution in [0.25, 0.3) is 0 Å². The molecule has 4 aromatic carbocycles. The highest BCUT2D eigenvalue weighted by Crippen LogP contribution is 2.46. The molecule has 10 atom stereocenters. The normalized spacial score (nSPS) is 23.8. The van der Waals surface area contributed by atoms with Crippen molar-refractivity contribution in [2.24, 2.45) is 5.41 Å². The summed E-state index contributed by atoms with van der Waals surface area (Å²) in [6.45, 7) is 42.1. The van der Waals surface area contributed by atoms with Gasteiger partial charge in [-0.15, -0.1) is 0 Å². The van der Waals surface area contributed by atoms with Gasteiger partial charge in [-0.1, -0.05) is 204 Å². The molecule has 3 heterocycles. The fourth-order valence-corrected chi connectivity index (χ4v) is 20.1. The maximum absolute atomic E-state index is 14.4. The highest BCUT2D eigenvalue weighted by Gasteiger charge is 2.56. The van der Waals surface area contributed by atoms with Gasteiger partial charge in [0.25, 0.3) is 8.32 Å². The molecule has 0 spiro atoms. The van der Waals surface area contributed by atoms with Crippen molar-refractivity contribution >= 4 is 41.1 Å². The lowest BCUT2D eigenvalue weighted by Crippen LogP contribution is -2.66. The number of methoxy groups -OCH3 is 2. The largest absolute Gasteiger partial charge is 0.497 e. The van der Waals surface area contributed by atoms with Gasteiger partial charge in [0.2, 0.25) is 5.79 Å². The van der Waals surface area contributed by atoms with Crippen LogP contribution in [-0.4, -0.2) is 119 Å². The molecule has 4 aromatic rings. The predicted molar refractivity (Wildman–Crippen MR) is 371 cm³/mol. The van der Waals surface area contributed by atoms with Gasteiger partial charge in [0.15, 0.2) is 22.4 Å². The summed E-state index contributed by atoms with van der Waals surface area (Å²) in [7, 11) is -4.01. The Morgan fingerprint density at radius 1 is 0.667 bits per heavy atom. The van der Waals surface area contributed by atoms with Crippen LogP contribution in [0.5, 0.6) is 5.75 Å². The second kappa shape index (κ2) is 31.5. The van der Waals surface area contributed by atoms with Crippen LogP contribution in [0, 0.1) is 5.41 Å². The first-order valence-corrected chi connectivity index (χ1v) is 41.0. The summed E-state index contributed by atoms with van der Waals surface area (Å²) >= 11 is 0. The third-order valence-electron chi connectivity index (χ3n) is 20.0. The number of hydrogen-bond donors (Lipinski definition) is 0. The molecule has 0 N–H and O–H groups in total. The van der Waals surface area contributed by atoms with E-state index >= 15 is 0 Å². The number of ether oxygens (including phenoxy) is 8. The molecule has 0 radical (unpaired) electrons.